The fourth-order valence-electron chi connectivity index (χ4n) is 1.96. The summed E-state index contributed by atoms with van der Waals surface area (Å²) in [4.78, 5) is 4.29. The van der Waals surface area contributed by atoms with Gasteiger partial charge in [0, 0.05) is 32.6 Å². The smallest absolute Gasteiger partial charge is 0.122 e. The van der Waals surface area contributed by atoms with E-state index in [0.717, 1.165) is 25.5 Å². The SMILES string of the molecule is CCOCc1ccccc1CNCc1nccn1C. The Hall–Kier alpha value is -1.65. The van der Waals surface area contributed by atoms with Crippen LogP contribution in [0, 0.1) is 0 Å². The number of imidazole rings is 1. The average Bonchev–Trinajstić information content (AvgIpc) is 2.83. The molecule has 0 spiro atoms. The van der Waals surface area contributed by atoms with Crippen molar-refractivity contribution in [1.82, 2.24) is 14.9 Å². The summed E-state index contributed by atoms with van der Waals surface area (Å²) in [5.74, 6) is 1.04. The summed E-state index contributed by atoms with van der Waals surface area (Å²) < 4.78 is 7.51. The number of nitrogens with one attached hydrogen (secondary N) is 1. The summed E-state index contributed by atoms with van der Waals surface area (Å²) in [5.41, 5.74) is 2.53. The lowest BCUT2D eigenvalue weighted by Gasteiger charge is -2.10. The molecule has 2 rings (SSSR count). The van der Waals surface area contributed by atoms with Gasteiger partial charge in [0.25, 0.3) is 0 Å². The highest BCUT2D eigenvalue weighted by molar-refractivity contribution is 5.26. The summed E-state index contributed by atoms with van der Waals surface area (Å²) in [7, 11) is 2.01. The van der Waals surface area contributed by atoms with Crippen LogP contribution in [-0.2, 0) is 31.5 Å². The highest BCUT2D eigenvalue weighted by atomic mass is 16.5. The molecule has 0 fully saturated rings. The molecule has 1 aromatic carbocycles. The number of hydrogen-bond acceptors (Lipinski definition) is 3. The molecule has 0 radical (unpaired) electrons. The van der Waals surface area contributed by atoms with Gasteiger partial charge in [-0.1, -0.05) is 24.3 Å². The summed E-state index contributed by atoms with van der Waals surface area (Å²) in [6.45, 7) is 5.04. The van der Waals surface area contributed by atoms with E-state index in [-0.39, 0.29) is 0 Å². The second kappa shape index (κ2) is 7.07. The fourth-order valence-corrected chi connectivity index (χ4v) is 1.96. The van der Waals surface area contributed by atoms with Crippen LogP contribution >= 0.6 is 0 Å². The maximum Gasteiger partial charge on any atom is 0.122 e. The zero-order valence-electron chi connectivity index (χ0n) is 11.6. The molecular weight excluding hydrogens is 238 g/mol. The quantitative estimate of drug-likeness (QED) is 0.829. The molecule has 1 heterocycles. The van der Waals surface area contributed by atoms with Gasteiger partial charge in [-0.15, -0.1) is 0 Å². The first-order chi connectivity index (χ1) is 9.31. The standard InChI is InChI=1S/C15H21N3O/c1-3-19-12-14-7-5-4-6-13(14)10-16-11-15-17-8-9-18(15)2/h4-9,16H,3,10-12H2,1-2H3. The number of hydrogen-bond donors (Lipinski definition) is 1. The van der Waals surface area contributed by atoms with Crippen LogP contribution in [0.5, 0.6) is 0 Å². The Morgan fingerprint density at radius 2 is 2.00 bits per heavy atom. The Morgan fingerprint density at radius 3 is 2.68 bits per heavy atom. The molecule has 1 aromatic heterocycles. The van der Waals surface area contributed by atoms with Crippen LogP contribution in [0.3, 0.4) is 0 Å². The molecule has 0 unspecified atom stereocenters. The Labute approximate surface area is 114 Å². The molecule has 0 bridgehead atoms. The molecule has 0 aliphatic heterocycles. The van der Waals surface area contributed by atoms with Crippen LogP contribution in [0.1, 0.15) is 23.9 Å². The third kappa shape index (κ3) is 3.91. The van der Waals surface area contributed by atoms with E-state index in [4.69, 9.17) is 4.74 Å². The van der Waals surface area contributed by atoms with Crippen molar-refractivity contribution >= 4 is 0 Å². The normalized spacial score (nSPS) is 10.8. The van der Waals surface area contributed by atoms with E-state index < -0.39 is 0 Å². The number of benzene rings is 1. The minimum atomic E-state index is 0.677. The summed E-state index contributed by atoms with van der Waals surface area (Å²) >= 11 is 0. The van der Waals surface area contributed by atoms with Crippen LogP contribution in [0.15, 0.2) is 36.7 Å². The maximum atomic E-state index is 5.49. The molecule has 0 aliphatic carbocycles. The molecule has 0 saturated heterocycles. The van der Waals surface area contributed by atoms with Gasteiger partial charge in [0.05, 0.1) is 13.2 Å². The van der Waals surface area contributed by atoms with Gasteiger partial charge < -0.3 is 14.6 Å². The highest BCUT2D eigenvalue weighted by Gasteiger charge is 2.03. The van der Waals surface area contributed by atoms with Gasteiger partial charge in [-0.05, 0) is 18.1 Å². The van der Waals surface area contributed by atoms with Crippen molar-refractivity contribution in [3.05, 3.63) is 53.6 Å². The van der Waals surface area contributed by atoms with Crippen LogP contribution < -0.4 is 5.32 Å². The molecule has 1 N–H and O–H groups in total. The van der Waals surface area contributed by atoms with Crippen LogP contribution in [0.25, 0.3) is 0 Å². The Bertz CT molecular complexity index is 508. The molecule has 4 heteroatoms. The van der Waals surface area contributed by atoms with E-state index in [0.29, 0.717) is 6.61 Å². The lowest BCUT2D eigenvalue weighted by atomic mass is 10.1. The first kappa shape index (κ1) is 13.8. The lowest BCUT2D eigenvalue weighted by molar-refractivity contribution is 0.133. The zero-order valence-corrected chi connectivity index (χ0v) is 11.6. The summed E-state index contributed by atoms with van der Waals surface area (Å²) in [5, 5.41) is 3.42. The summed E-state index contributed by atoms with van der Waals surface area (Å²) in [6, 6.07) is 8.37. The third-order valence-corrected chi connectivity index (χ3v) is 3.10. The third-order valence-electron chi connectivity index (χ3n) is 3.10. The van der Waals surface area contributed by atoms with Crippen molar-refractivity contribution in [2.75, 3.05) is 6.61 Å². The van der Waals surface area contributed by atoms with E-state index >= 15 is 0 Å². The minimum absolute atomic E-state index is 0.677. The first-order valence-corrected chi connectivity index (χ1v) is 6.62. The predicted octanol–water partition coefficient (Wildman–Crippen LogP) is 2.25. The van der Waals surface area contributed by atoms with E-state index in [1.165, 1.54) is 11.1 Å². The monoisotopic (exact) mass is 259 g/mol. The van der Waals surface area contributed by atoms with E-state index in [1.807, 2.05) is 30.9 Å². The van der Waals surface area contributed by atoms with E-state index in [1.54, 1.807) is 0 Å². The molecule has 0 amide bonds. The van der Waals surface area contributed by atoms with Crippen LogP contribution in [0.2, 0.25) is 0 Å². The van der Waals surface area contributed by atoms with Crippen molar-refractivity contribution in [2.24, 2.45) is 7.05 Å². The van der Waals surface area contributed by atoms with Gasteiger partial charge in [-0.2, -0.15) is 0 Å². The Balaban J connectivity index is 1.90. The first-order valence-electron chi connectivity index (χ1n) is 6.62. The number of ether oxygens (including phenoxy) is 1. The maximum absolute atomic E-state index is 5.49. The number of aromatic nitrogens is 2. The lowest BCUT2D eigenvalue weighted by Crippen LogP contribution is -2.16. The highest BCUT2D eigenvalue weighted by Crippen LogP contribution is 2.10. The molecule has 4 nitrogen and oxygen atoms in total. The van der Waals surface area contributed by atoms with Crippen molar-refractivity contribution in [3.8, 4) is 0 Å². The van der Waals surface area contributed by atoms with Crippen LogP contribution in [0.4, 0.5) is 0 Å². The molecular formula is C15H21N3O. The number of aryl methyl sites for hydroxylation is 1. The van der Waals surface area contributed by atoms with E-state index in [9.17, 15) is 0 Å². The Kier molecular flexibility index (Phi) is 5.12. The number of rotatable bonds is 7. The number of nitrogens with zero attached hydrogens (tertiary/aromatic N) is 2. The fraction of sp³-hybridized carbons (Fsp3) is 0.400. The van der Waals surface area contributed by atoms with Gasteiger partial charge in [-0.3, -0.25) is 0 Å². The molecule has 2 aromatic rings. The second-order valence-electron chi connectivity index (χ2n) is 4.46. The molecule has 0 atom stereocenters. The molecule has 102 valence electrons. The van der Waals surface area contributed by atoms with Crippen molar-refractivity contribution in [2.45, 2.75) is 26.6 Å². The molecule has 19 heavy (non-hydrogen) atoms. The van der Waals surface area contributed by atoms with Gasteiger partial charge in [0.15, 0.2) is 0 Å². The minimum Gasteiger partial charge on any atom is -0.377 e. The van der Waals surface area contributed by atoms with E-state index in [2.05, 4.69) is 34.6 Å². The molecule has 0 aliphatic rings. The van der Waals surface area contributed by atoms with Crippen molar-refractivity contribution < 1.29 is 4.74 Å². The van der Waals surface area contributed by atoms with Gasteiger partial charge in [-0.25, -0.2) is 4.98 Å². The van der Waals surface area contributed by atoms with Gasteiger partial charge in [0.2, 0.25) is 0 Å². The van der Waals surface area contributed by atoms with Gasteiger partial charge >= 0.3 is 0 Å². The second-order valence-corrected chi connectivity index (χ2v) is 4.46. The predicted molar refractivity (Wildman–Crippen MR) is 75.5 cm³/mol. The zero-order chi connectivity index (χ0) is 13.5. The Morgan fingerprint density at radius 1 is 1.21 bits per heavy atom. The van der Waals surface area contributed by atoms with Crippen molar-refractivity contribution in [1.29, 1.82) is 0 Å². The average molecular weight is 259 g/mol. The summed E-state index contributed by atoms with van der Waals surface area (Å²) in [6.07, 6.45) is 3.78. The largest absolute Gasteiger partial charge is 0.377 e. The topological polar surface area (TPSA) is 39.1 Å². The van der Waals surface area contributed by atoms with Crippen LogP contribution in [-0.4, -0.2) is 16.2 Å². The molecule has 0 saturated carbocycles. The van der Waals surface area contributed by atoms with Gasteiger partial charge in [0.1, 0.15) is 5.82 Å². The van der Waals surface area contributed by atoms with Crippen molar-refractivity contribution in [3.63, 3.8) is 0 Å².